The van der Waals surface area contributed by atoms with Gasteiger partial charge in [0.05, 0.1) is 11.6 Å². The first-order valence-corrected chi connectivity index (χ1v) is 9.15. The summed E-state index contributed by atoms with van der Waals surface area (Å²) < 4.78 is 0. The molecule has 1 saturated heterocycles. The number of benzene rings is 2. The highest BCUT2D eigenvalue weighted by molar-refractivity contribution is 6.46. The molecule has 3 rings (SSSR count). The van der Waals surface area contributed by atoms with Crippen LogP contribution in [0.25, 0.3) is 5.76 Å². The number of Topliss-reactive ketones (excluding diaryl/α,β-unsaturated/α-hetero) is 1. The van der Waals surface area contributed by atoms with Crippen molar-refractivity contribution in [3.8, 4) is 5.75 Å². The third kappa shape index (κ3) is 3.88. The van der Waals surface area contributed by atoms with Crippen molar-refractivity contribution >= 4 is 29.1 Å². The first kappa shape index (κ1) is 19.9. The van der Waals surface area contributed by atoms with Gasteiger partial charge in [-0.2, -0.15) is 0 Å². The van der Waals surface area contributed by atoms with Crippen molar-refractivity contribution in [1.29, 1.82) is 0 Å². The molecule has 1 aliphatic rings. The fraction of sp³-hybridized carbons (Fsp3) is 0.238. The van der Waals surface area contributed by atoms with Gasteiger partial charge in [0.2, 0.25) is 0 Å². The van der Waals surface area contributed by atoms with Crippen molar-refractivity contribution in [2.45, 2.75) is 6.04 Å². The lowest BCUT2D eigenvalue weighted by atomic mass is 9.95. The average molecular weight is 401 g/mol. The van der Waals surface area contributed by atoms with Crippen LogP contribution in [-0.2, 0) is 9.59 Å². The van der Waals surface area contributed by atoms with E-state index in [4.69, 9.17) is 11.6 Å². The quantitative estimate of drug-likeness (QED) is 0.458. The van der Waals surface area contributed by atoms with Gasteiger partial charge in [0.15, 0.2) is 0 Å². The molecule has 6 nitrogen and oxygen atoms in total. The maximum Gasteiger partial charge on any atom is 0.295 e. The maximum absolute atomic E-state index is 12.8. The molecule has 0 radical (unpaired) electrons. The lowest BCUT2D eigenvalue weighted by Crippen LogP contribution is -2.35. The summed E-state index contributed by atoms with van der Waals surface area (Å²) in [6.45, 7) is 0.869. The third-order valence-corrected chi connectivity index (χ3v) is 4.87. The Balaban J connectivity index is 2.14. The van der Waals surface area contributed by atoms with Crippen LogP contribution in [0.4, 0.5) is 0 Å². The Kier molecular flexibility index (Phi) is 5.72. The Hall–Kier alpha value is -2.83. The van der Waals surface area contributed by atoms with E-state index >= 15 is 0 Å². The lowest BCUT2D eigenvalue weighted by molar-refractivity contribution is -0.140. The van der Waals surface area contributed by atoms with Gasteiger partial charge in [0.1, 0.15) is 11.5 Å². The van der Waals surface area contributed by atoms with Crippen LogP contribution in [0.1, 0.15) is 17.2 Å². The zero-order valence-corrected chi connectivity index (χ0v) is 16.3. The zero-order chi connectivity index (χ0) is 20.4. The molecule has 0 bridgehead atoms. The number of nitrogens with zero attached hydrogens (tertiary/aromatic N) is 2. The number of likely N-dealkylation sites (tertiary alicyclic amines) is 1. The molecular weight excluding hydrogens is 380 g/mol. The van der Waals surface area contributed by atoms with Gasteiger partial charge < -0.3 is 20.0 Å². The second-order valence-electron chi connectivity index (χ2n) is 6.90. The molecule has 2 N–H and O–H groups in total. The maximum atomic E-state index is 12.8. The minimum atomic E-state index is -0.750. The number of phenols is 1. The van der Waals surface area contributed by atoms with Crippen LogP contribution in [0.2, 0.25) is 5.02 Å². The number of halogens is 1. The minimum Gasteiger partial charge on any atom is -0.508 e. The summed E-state index contributed by atoms with van der Waals surface area (Å²) in [5, 5.41) is 20.9. The minimum absolute atomic E-state index is 0.0108. The number of aliphatic hydroxyl groups is 1. The predicted molar refractivity (Wildman–Crippen MR) is 107 cm³/mol. The number of likely N-dealkylation sites (N-methyl/N-ethyl adjacent to an activating group) is 1. The third-order valence-electron chi connectivity index (χ3n) is 4.63. The van der Waals surface area contributed by atoms with E-state index in [1.807, 2.05) is 19.0 Å². The fourth-order valence-electron chi connectivity index (χ4n) is 3.21. The first-order chi connectivity index (χ1) is 13.3. The van der Waals surface area contributed by atoms with E-state index in [-0.39, 0.29) is 17.1 Å². The number of hydrogen-bond acceptors (Lipinski definition) is 5. The number of ketones is 1. The fourth-order valence-corrected chi connectivity index (χ4v) is 3.40. The second kappa shape index (κ2) is 8.04. The Morgan fingerprint density at radius 3 is 2.43 bits per heavy atom. The second-order valence-corrected chi connectivity index (χ2v) is 7.33. The zero-order valence-electron chi connectivity index (χ0n) is 15.6. The molecule has 1 aliphatic heterocycles. The predicted octanol–water partition coefficient (Wildman–Crippen LogP) is 3.03. The Morgan fingerprint density at radius 1 is 1.14 bits per heavy atom. The van der Waals surface area contributed by atoms with Crippen LogP contribution >= 0.6 is 11.6 Å². The molecule has 0 aromatic heterocycles. The monoisotopic (exact) mass is 400 g/mol. The highest BCUT2D eigenvalue weighted by Crippen LogP contribution is 2.39. The molecular formula is C21H21ClN2O4. The topological polar surface area (TPSA) is 81.1 Å². The number of carbonyl (C=O) groups excluding carboxylic acids is 2. The van der Waals surface area contributed by atoms with Gasteiger partial charge in [0, 0.05) is 23.7 Å². The van der Waals surface area contributed by atoms with Gasteiger partial charge in [-0.25, -0.2) is 0 Å². The van der Waals surface area contributed by atoms with Crippen LogP contribution in [0.3, 0.4) is 0 Å². The van der Waals surface area contributed by atoms with E-state index in [1.165, 1.54) is 23.1 Å². The number of aliphatic hydroxyl groups excluding tert-OH is 1. The van der Waals surface area contributed by atoms with E-state index in [2.05, 4.69) is 0 Å². The van der Waals surface area contributed by atoms with Crippen molar-refractivity contribution in [3.63, 3.8) is 0 Å². The molecule has 1 atom stereocenters. The van der Waals surface area contributed by atoms with Crippen molar-refractivity contribution in [3.05, 3.63) is 70.3 Å². The molecule has 7 heteroatoms. The number of hydrogen-bond donors (Lipinski definition) is 2. The van der Waals surface area contributed by atoms with Gasteiger partial charge in [-0.15, -0.1) is 0 Å². The van der Waals surface area contributed by atoms with Crippen LogP contribution < -0.4 is 0 Å². The molecule has 2 aromatic rings. The molecule has 1 fully saturated rings. The molecule has 1 heterocycles. The van der Waals surface area contributed by atoms with E-state index in [0.29, 0.717) is 29.2 Å². The highest BCUT2D eigenvalue weighted by atomic mass is 35.5. The number of carbonyl (C=O) groups is 2. The van der Waals surface area contributed by atoms with Gasteiger partial charge in [-0.1, -0.05) is 35.9 Å². The standard InChI is InChI=1S/C21H21ClN2O4/c1-23(2)10-11-24-18(13-6-8-16(25)9-7-13)17(20(27)21(24)28)19(26)14-4-3-5-15(22)12-14/h3-9,12,18,25-26H,10-11H2,1-2H3/b19-17-. The number of aromatic hydroxyl groups is 1. The van der Waals surface area contributed by atoms with E-state index in [0.717, 1.165) is 0 Å². The summed E-state index contributed by atoms with van der Waals surface area (Å²) in [6, 6.07) is 12.0. The molecule has 146 valence electrons. The molecule has 0 aliphatic carbocycles. The summed E-state index contributed by atoms with van der Waals surface area (Å²) >= 11 is 6.02. The summed E-state index contributed by atoms with van der Waals surface area (Å²) in [4.78, 5) is 28.9. The molecule has 2 aromatic carbocycles. The Bertz CT molecular complexity index is 938. The van der Waals surface area contributed by atoms with Crippen LogP contribution in [0.15, 0.2) is 54.1 Å². The SMILES string of the molecule is CN(C)CCN1C(=O)C(=O)/C(=C(\O)c2cccc(Cl)c2)C1c1ccc(O)cc1. The number of rotatable bonds is 5. The first-order valence-electron chi connectivity index (χ1n) is 8.77. The van der Waals surface area contributed by atoms with Crippen LogP contribution in [0.5, 0.6) is 5.75 Å². The Morgan fingerprint density at radius 2 is 1.82 bits per heavy atom. The molecule has 28 heavy (non-hydrogen) atoms. The summed E-state index contributed by atoms with van der Waals surface area (Å²) in [5.41, 5.74) is 0.998. The summed E-state index contributed by atoms with van der Waals surface area (Å²) in [5.74, 6) is -1.60. The molecule has 0 saturated carbocycles. The van der Waals surface area contributed by atoms with E-state index in [9.17, 15) is 19.8 Å². The normalized spacial score (nSPS) is 18.9. The van der Waals surface area contributed by atoms with Gasteiger partial charge in [-0.3, -0.25) is 9.59 Å². The molecule has 0 spiro atoms. The summed E-state index contributed by atoms with van der Waals surface area (Å²) in [6.07, 6.45) is 0. The van der Waals surface area contributed by atoms with Crippen molar-refractivity contribution in [2.75, 3.05) is 27.2 Å². The van der Waals surface area contributed by atoms with Gasteiger partial charge in [0.25, 0.3) is 11.7 Å². The number of amides is 1. The van der Waals surface area contributed by atoms with Gasteiger partial charge >= 0.3 is 0 Å². The largest absolute Gasteiger partial charge is 0.508 e. The lowest BCUT2D eigenvalue weighted by Gasteiger charge is -2.26. The van der Waals surface area contributed by atoms with Crippen LogP contribution in [0, 0.1) is 0 Å². The van der Waals surface area contributed by atoms with E-state index < -0.39 is 17.7 Å². The van der Waals surface area contributed by atoms with Gasteiger partial charge in [-0.05, 0) is 43.9 Å². The van der Waals surface area contributed by atoms with E-state index in [1.54, 1.807) is 30.3 Å². The summed E-state index contributed by atoms with van der Waals surface area (Å²) in [7, 11) is 3.75. The van der Waals surface area contributed by atoms with Crippen molar-refractivity contribution < 1.29 is 19.8 Å². The van der Waals surface area contributed by atoms with Crippen LogP contribution in [-0.4, -0.2) is 58.9 Å². The van der Waals surface area contributed by atoms with Crippen molar-refractivity contribution in [2.24, 2.45) is 0 Å². The molecule has 1 amide bonds. The Labute approximate surface area is 168 Å². The van der Waals surface area contributed by atoms with Crippen molar-refractivity contribution in [1.82, 2.24) is 9.80 Å². The molecule has 1 unspecified atom stereocenters. The smallest absolute Gasteiger partial charge is 0.295 e. The number of phenolic OH excluding ortho intramolecular Hbond substituents is 1. The average Bonchev–Trinajstić information content (AvgIpc) is 2.91. The highest BCUT2D eigenvalue weighted by Gasteiger charge is 2.45.